The molecule has 0 spiro atoms. The van der Waals surface area contributed by atoms with Crippen LogP contribution in [-0.4, -0.2) is 30.8 Å². The molecule has 0 aliphatic rings. The summed E-state index contributed by atoms with van der Waals surface area (Å²) < 4.78 is 5.89. The van der Waals surface area contributed by atoms with Gasteiger partial charge in [-0.25, -0.2) is 4.99 Å². The fourth-order valence-corrected chi connectivity index (χ4v) is 2.47. The van der Waals surface area contributed by atoms with Crippen molar-refractivity contribution >= 4 is 29.9 Å². The lowest BCUT2D eigenvalue weighted by Gasteiger charge is -2.14. The van der Waals surface area contributed by atoms with E-state index in [0.29, 0.717) is 13.2 Å². The van der Waals surface area contributed by atoms with Gasteiger partial charge in [-0.3, -0.25) is 0 Å². The third-order valence-electron chi connectivity index (χ3n) is 3.95. The van der Waals surface area contributed by atoms with Crippen LogP contribution in [0.15, 0.2) is 59.6 Å². The van der Waals surface area contributed by atoms with Gasteiger partial charge in [0.1, 0.15) is 5.75 Å². The van der Waals surface area contributed by atoms with E-state index in [2.05, 4.69) is 34.7 Å². The van der Waals surface area contributed by atoms with Crippen LogP contribution in [-0.2, 0) is 11.3 Å². The molecule has 27 heavy (non-hydrogen) atoms. The molecular formula is C21H30IN3O2. The topological polar surface area (TPSA) is 65.9 Å². The molecule has 148 valence electrons. The van der Waals surface area contributed by atoms with Gasteiger partial charge in [-0.1, -0.05) is 42.5 Å². The van der Waals surface area contributed by atoms with Gasteiger partial charge in [-0.05, 0) is 43.5 Å². The molecule has 1 unspecified atom stereocenters. The lowest BCUT2D eigenvalue weighted by molar-refractivity contribution is 0.0646. The molecule has 0 saturated heterocycles. The van der Waals surface area contributed by atoms with Crippen molar-refractivity contribution < 1.29 is 9.84 Å². The largest absolute Gasteiger partial charge is 0.508 e. The van der Waals surface area contributed by atoms with Crippen LogP contribution in [0.4, 0.5) is 0 Å². The highest BCUT2D eigenvalue weighted by molar-refractivity contribution is 14.0. The van der Waals surface area contributed by atoms with Crippen LogP contribution in [0.2, 0.25) is 0 Å². The van der Waals surface area contributed by atoms with Gasteiger partial charge < -0.3 is 20.5 Å². The van der Waals surface area contributed by atoms with Gasteiger partial charge in [0.15, 0.2) is 5.96 Å². The van der Waals surface area contributed by atoms with Gasteiger partial charge in [0.2, 0.25) is 0 Å². The second-order valence-corrected chi connectivity index (χ2v) is 6.07. The fourth-order valence-electron chi connectivity index (χ4n) is 2.47. The predicted molar refractivity (Wildman–Crippen MR) is 122 cm³/mol. The standard InChI is InChI=1S/C21H29N3O2.HI/c1-3-22-21(24-16-18-10-12-20(25)13-11-18)23-14-7-15-26-17(2)19-8-5-4-6-9-19;/h4-6,8-13,17,25H,3,7,14-16H2,1-2H3,(H2,22,23,24);1H. The molecule has 0 aromatic heterocycles. The number of hydrogen-bond acceptors (Lipinski definition) is 3. The molecule has 1 atom stereocenters. The number of phenolic OH excluding ortho intramolecular Hbond substituents is 1. The van der Waals surface area contributed by atoms with E-state index < -0.39 is 0 Å². The van der Waals surface area contributed by atoms with E-state index in [9.17, 15) is 5.11 Å². The summed E-state index contributed by atoms with van der Waals surface area (Å²) >= 11 is 0. The van der Waals surface area contributed by atoms with Crippen LogP contribution in [0.3, 0.4) is 0 Å². The number of rotatable bonds is 9. The highest BCUT2D eigenvalue weighted by Gasteiger charge is 2.04. The maximum absolute atomic E-state index is 9.32. The summed E-state index contributed by atoms with van der Waals surface area (Å²) in [4.78, 5) is 4.57. The number of nitrogens with zero attached hydrogens (tertiary/aromatic N) is 1. The van der Waals surface area contributed by atoms with Crippen molar-refractivity contribution in [2.75, 3.05) is 19.7 Å². The molecule has 0 bridgehead atoms. The van der Waals surface area contributed by atoms with Gasteiger partial charge in [-0.15, -0.1) is 24.0 Å². The maximum Gasteiger partial charge on any atom is 0.191 e. The van der Waals surface area contributed by atoms with Gasteiger partial charge >= 0.3 is 0 Å². The Morgan fingerprint density at radius 3 is 2.44 bits per heavy atom. The molecule has 0 aliphatic heterocycles. The van der Waals surface area contributed by atoms with E-state index in [1.807, 2.05) is 37.3 Å². The van der Waals surface area contributed by atoms with Crippen molar-refractivity contribution in [2.45, 2.75) is 32.9 Å². The van der Waals surface area contributed by atoms with Crippen molar-refractivity contribution in [3.05, 3.63) is 65.7 Å². The molecule has 0 heterocycles. The minimum absolute atomic E-state index is 0. The molecule has 3 N–H and O–H groups in total. The first-order valence-electron chi connectivity index (χ1n) is 9.15. The number of benzene rings is 2. The Labute approximate surface area is 179 Å². The first-order chi connectivity index (χ1) is 12.7. The number of hydrogen-bond donors (Lipinski definition) is 3. The average Bonchev–Trinajstić information content (AvgIpc) is 2.67. The highest BCUT2D eigenvalue weighted by Crippen LogP contribution is 2.15. The summed E-state index contributed by atoms with van der Waals surface area (Å²) in [5.41, 5.74) is 2.25. The second-order valence-electron chi connectivity index (χ2n) is 6.07. The van der Waals surface area contributed by atoms with E-state index in [4.69, 9.17) is 4.74 Å². The van der Waals surface area contributed by atoms with Crippen LogP contribution in [0.5, 0.6) is 5.75 Å². The Balaban J connectivity index is 0.00000364. The van der Waals surface area contributed by atoms with Crippen LogP contribution < -0.4 is 10.6 Å². The zero-order valence-corrected chi connectivity index (χ0v) is 18.4. The van der Waals surface area contributed by atoms with Crippen molar-refractivity contribution in [1.82, 2.24) is 10.6 Å². The molecule has 0 fully saturated rings. The first kappa shape index (κ1) is 23.2. The Morgan fingerprint density at radius 2 is 1.78 bits per heavy atom. The average molecular weight is 483 g/mol. The maximum atomic E-state index is 9.32. The molecule has 2 aromatic carbocycles. The highest BCUT2D eigenvalue weighted by atomic mass is 127. The molecular weight excluding hydrogens is 453 g/mol. The van der Waals surface area contributed by atoms with E-state index in [0.717, 1.165) is 31.0 Å². The Hall–Kier alpha value is -1.80. The van der Waals surface area contributed by atoms with Crippen LogP contribution in [0, 0.1) is 0 Å². The lowest BCUT2D eigenvalue weighted by atomic mass is 10.1. The number of aromatic hydroxyl groups is 1. The van der Waals surface area contributed by atoms with E-state index in [1.54, 1.807) is 12.1 Å². The smallest absolute Gasteiger partial charge is 0.191 e. The summed E-state index contributed by atoms with van der Waals surface area (Å²) in [7, 11) is 0. The molecule has 6 heteroatoms. The Bertz CT molecular complexity index is 663. The van der Waals surface area contributed by atoms with Crippen LogP contribution in [0.1, 0.15) is 37.5 Å². The van der Waals surface area contributed by atoms with Gasteiger partial charge in [0.25, 0.3) is 0 Å². The summed E-state index contributed by atoms with van der Waals surface area (Å²) in [5.74, 6) is 1.06. The monoisotopic (exact) mass is 483 g/mol. The summed E-state index contributed by atoms with van der Waals surface area (Å²) in [6.07, 6.45) is 1.01. The Kier molecular flexibility index (Phi) is 11.5. The van der Waals surface area contributed by atoms with Gasteiger partial charge in [0, 0.05) is 19.7 Å². The lowest BCUT2D eigenvalue weighted by Crippen LogP contribution is -2.38. The number of ether oxygens (including phenoxy) is 1. The van der Waals surface area contributed by atoms with Crippen LogP contribution in [0.25, 0.3) is 0 Å². The third-order valence-corrected chi connectivity index (χ3v) is 3.95. The molecule has 5 nitrogen and oxygen atoms in total. The fraction of sp³-hybridized carbons (Fsp3) is 0.381. The number of phenols is 1. The van der Waals surface area contributed by atoms with E-state index in [-0.39, 0.29) is 35.8 Å². The second kappa shape index (κ2) is 13.4. The van der Waals surface area contributed by atoms with E-state index in [1.165, 1.54) is 5.56 Å². The third kappa shape index (κ3) is 9.10. The van der Waals surface area contributed by atoms with Crippen molar-refractivity contribution in [3.63, 3.8) is 0 Å². The number of guanidine groups is 1. The summed E-state index contributed by atoms with van der Waals surface area (Å²) in [6, 6.07) is 17.4. The summed E-state index contributed by atoms with van der Waals surface area (Å²) in [6.45, 7) is 6.98. The molecule has 0 amide bonds. The molecule has 0 radical (unpaired) electrons. The molecule has 2 aromatic rings. The predicted octanol–water partition coefficient (Wildman–Crippen LogP) is 4.23. The number of nitrogens with one attached hydrogen (secondary N) is 2. The quantitative estimate of drug-likeness (QED) is 0.216. The normalized spacial score (nSPS) is 12.1. The van der Waals surface area contributed by atoms with Gasteiger partial charge in [-0.2, -0.15) is 0 Å². The van der Waals surface area contributed by atoms with Crippen molar-refractivity contribution in [2.24, 2.45) is 4.99 Å². The Morgan fingerprint density at radius 1 is 1.07 bits per heavy atom. The SMILES string of the molecule is CCNC(=NCc1ccc(O)cc1)NCCCOC(C)c1ccccc1.I. The number of halogens is 1. The molecule has 0 saturated carbocycles. The van der Waals surface area contributed by atoms with Gasteiger partial charge in [0.05, 0.1) is 12.6 Å². The zero-order chi connectivity index (χ0) is 18.6. The molecule has 2 rings (SSSR count). The summed E-state index contributed by atoms with van der Waals surface area (Å²) in [5, 5.41) is 15.9. The zero-order valence-electron chi connectivity index (χ0n) is 16.0. The first-order valence-corrected chi connectivity index (χ1v) is 9.15. The molecule has 0 aliphatic carbocycles. The number of aliphatic imine (C=N–C) groups is 1. The van der Waals surface area contributed by atoms with Crippen molar-refractivity contribution in [3.8, 4) is 5.75 Å². The van der Waals surface area contributed by atoms with Crippen LogP contribution >= 0.6 is 24.0 Å². The van der Waals surface area contributed by atoms with E-state index >= 15 is 0 Å². The van der Waals surface area contributed by atoms with Crippen molar-refractivity contribution in [1.29, 1.82) is 0 Å². The minimum Gasteiger partial charge on any atom is -0.508 e. The minimum atomic E-state index is 0.